The fourth-order valence-corrected chi connectivity index (χ4v) is 3.14. The van der Waals surface area contributed by atoms with Gasteiger partial charge in [0.15, 0.2) is 0 Å². The van der Waals surface area contributed by atoms with Gasteiger partial charge in [0.25, 0.3) is 0 Å². The van der Waals surface area contributed by atoms with Crippen LogP contribution in [-0.2, 0) is 0 Å². The Morgan fingerprint density at radius 2 is 1.53 bits per heavy atom. The molecule has 2 nitrogen and oxygen atoms in total. The lowest BCUT2D eigenvalue weighted by Gasteiger charge is -2.11. The predicted molar refractivity (Wildman–Crippen MR) is 77.5 cm³/mol. The molecule has 0 N–H and O–H groups in total. The molecule has 0 bridgehead atoms. The zero-order chi connectivity index (χ0) is 12.7. The molecule has 19 heavy (non-hydrogen) atoms. The molecule has 2 heterocycles. The summed E-state index contributed by atoms with van der Waals surface area (Å²) < 4.78 is 0. The van der Waals surface area contributed by atoms with Crippen molar-refractivity contribution in [2.45, 2.75) is 12.1 Å². The highest BCUT2D eigenvalue weighted by molar-refractivity contribution is 6.07. The van der Waals surface area contributed by atoms with Gasteiger partial charge >= 0.3 is 0 Å². The third-order valence-electron chi connectivity index (χ3n) is 4.06. The molecule has 0 radical (unpaired) electrons. The van der Waals surface area contributed by atoms with Crippen molar-refractivity contribution in [1.82, 2.24) is 4.90 Å². The first-order chi connectivity index (χ1) is 9.45. The van der Waals surface area contributed by atoms with E-state index in [0.717, 1.165) is 13.1 Å². The van der Waals surface area contributed by atoms with Crippen LogP contribution in [0.15, 0.2) is 65.7 Å². The summed E-state index contributed by atoms with van der Waals surface area (Å²) in [6, 6.07) is 22.4. The summed E-state index contributed by atoms with van der Waals surface area (Å²) in [5, 5.41) is 0. The molecule has 3 unspecified atom stereocenters. The summed E-state index contributed by atoms with van der Waals surface area (Å²) in [4.78, 5) is 7.32. The van der Waals surface area contributed by atoms with Gasteiger partial charge in [-0.2, -0.15) is 0 Å². The lowest BCUT2D eigenvalue weighted by molar-refractivity contribution is 0.502. The van der Waals surface area contributed by atoms with Gasteiger partial charge < -0.3 is 0 Å². The Kier molecular flexibility index (Phi) is 2.49. The van der Waals surface area contributed by atoms with Crippen molar-refractivity contribution < 1.29 is 0 Å². The first-order valence-corrected chi connectivity index (χ1v) is 6.85. The zero-order valence-electron chi connectivity index (χ0n) is 10.7. The molecule has 0 spiro atoms. The van der Waals surface area contributed by atoms with Crippen LogP contribution in [0, 0.1) is 0 Å². The lowest BCUT2D eigenvalue weighted by atomic mass is 10.0. The average Bonchev–Trinajstić information content (AvgIpc) is 3.23. The Bertz CT molecular complexity index is 604. The highest BCUT2D eigenvalue weighted by atomic mass is 15.4. The highest BCUT2D eigenvalue weighted by Crippen LogP contribution is 2.46. The van der Waals surface area contributed by atoms with Gasteiger partial charge in [-0.05, 0) is 11.1 Å². The predicted octanol–water partition coefficient (Wildman–Crippen LogP) is 2.91. The second kappa shape index (κ2) is 4.32. The summed E-state index contributed by atoms with van der Waals surface area (Å²) >= 11 is 0. The summed E-state index contributed by atoms with van der Waals surface area (Å²) in [5.41, 5.74) is 3.95. The number of aliphatic imine (C=N–C) groups is 1. The summed E-state index contributed by atoms with van der Waals surface area (Å²) in [6.45, 7) is 2.00. The van der Waals surface area contributed by atoms with Crippen molar-refractivity contribution in [2.24, 2.45) is 4.99 Å². The van der Waals surface area contributed by atoms with Gasteiger partial charge in [-0.1, -0.05) is 60.7 Å². The molecule has 2 aromatic rings. The maximum Gasteiger partial charge on any atom is 0.0728 e. The number of rotatable bonds is 2. The minimum atomic E-state index is 0.485. The summed E-state index contributed by atoms with van der Waals surface area (Å²) in [7, 11) is 0. The van der Waals surface area contributed by atoms with Crippen molar-refractivity contribution in [3.05, 3.63) is 71.8 Å². The van der Waals surface area contributed by atoms with Crippen molar-refractivity contribution in [3.8, 4) is 0 Å². The van der Waals surface area contributed by atoms with Crippen LogP contribution in [0.25, 0.3) is 0 Å². The van der Waals surface area contributed by atoms with Crippen LogP contribution in [0.5, 0.6) is 0 Å². The lowest BCUT2D eigenvalue weighted by Crippen LogP contribution is -2.22. The second-order valence-electron chi connectivity index (χ2n) is 5.17. The molecule has 3 atom stereocenters. The minimum absolute atomic E-state index is 0.485. The Hall–Kier alpha value is -1.93. The molecule has 0 saturated carbocycles. The quantitative estimate of drug-likeness (QED) is 0.746. The van der Waals surface area contributed by atoms with E-state index >= 15 is 0 Å². The molecule has 0 aromatic heterocycles. The van der Waals surface area contributed by atoms with Crippen molar-refractivity contribution in [2.75, 3.05) is 13.1 Å². The van der Waals surface area contributed by atoms with Gasteiger partial charge in [0.05, 0.1) is 24.3 Å². The van der Waals surface area contributed by atoms with Gasteiger partial charge in [-0.25, -0.2) is 0 Å². The molecule has 2 aliphatic heterocycles. The van der Waals surface area contributed by atoms with Crippen LogP contribution >= 0.6 is 0 Å². The van der Waals surface area contributed by atoms with E-state index in [-0.39, 0.29) is 0 Å². The van der Waals surface area contributed by atoms with E-state index in [1.807, 2.05) is 0 Å². The molecule has 2 heteroatoms. The molecule has 1 saturated heterocycles. The van der Waals surface area contributed by atoms with Gasteiger partial charge in [0.2, 0.25) is 0 Å². The Morgan fingerprint density at radius 3 is 2.26 bits per heavy atom. The fourth-order valence-electron chi connectivity index (χ4n) is 3.14. The molecule has 0 aliphatic carbocycles. The van der Waals surface area contributed by atoms with Crippen LogP contribution in [0.4, 0.5) is 0 Å². The molecule has 0 amide bonds. The van der Waals surface area contributed by atoms with Gasteiger partial charge in [0.1, 0.15) is 0 Å². The summed E-state index contributed by atoms with van der Waals surface area (Å²) in [5.74, 6) is 0. The van der Waals surface area contributed by atoms with Gasteiger partial charge in [0, 0.05) is 6.54 Å². The van der Waals surface area contributed by atoms with E-state index in [0.29, 0.717) is 12.1 Å². The van der Waals surface area contributed by atoms with Crippen LogP contribution in [-0.4, -0.2) is 29.7 Å². The maximum absolute atomic E-state index is 4.77. The first-order valence-electron chi connectivity index (χ1n) is 6.85. The van der Waals surface area contributed by atoms with E-state index in [1.54, 1.807) is 0 Å². The van der Waals surface area contributed by atoms with Crippen LogP contribution in [0.3, 0.4) is 0 Å². The number of hydrogen-bond acceptors (Lipinski definition) is 2. The summed E-state index contributed by atoms with van der Waals surface area (Å²) in [6.07, 6.45) is 0. The van der Waals surface area contributed by atoms with E-state index in [2.05, 4.69) is 65.6 Å². The molecule has 94 valence electrons. The van der Waals surface area contributed by atoms with E-state index < -0.39 is 0 Å². The van der Waals surface area contributed by atoms with Crippen molar-refractivity contribution in [3.63, 3.8) is 0 Å². The standard InChI is InChI=1S/C17H16N2/c1-3-7-13(8-4-1)15-17-16(19(17)12-11-18-15)14-9-5-2-6-10-14/h1-10,16-17H,11-12H2. The molecule has 2 aromatic carbocycles. The van der Waals surface area contributed by atoms with Gasteiger partial charge in [-0.15, -0.1) is 0 Å². The second-order valence-corrected chi connectivity index (χ2v) is 5.17. The zero-order valence-corrected chi connectivity index (χ0v) is 10.7. The molecule has 2 aliphatic rings. The Morgan fingerprint density at radius 1 is 0.842 bits per heavy atom. The number of benzene rings is 2. The van der Waals surface area contributed by atoms with Crippen LogP contribution < -0.4 is 0 Å². The molecular formula is C17H16N2. The largest absolute Gasteiger partial charge is 0.286 e. The van der Waals surface area contributed by atoms with E-state index in [1.165, 1.54) is 16.8 Å². The Labute approximate surface area is 113 Å². The number of nitrogens with zero attached hydrogens (tertiary/aromatic N) is 2. The van der Waals surface area contributed by atoms with Crippen LogP contribution in [0.2, 0.25) is 0 Å². The monoisotopic (exact) mass is 248 g/mol. The molecule has 4 rings (SSSR count). The normalized spacial score (nSPS) is 28.4. The SMILES string of the molecule is c1ccc(C2=NCCN3C2C3c2ccccc2)cc1. The van der Waals surface area contributed by atoms with Crippen molar-refractivity contribution >= 4 is 5.71 Å². The van der Waals surface area contributed by atoms with Crippen molar-refractivity contribution in [1.29, 1.82) is 0 Å². The fraction of sp³-hybridized carbons (Fsp3) is 0.235. The highest BCUT2D eigenvalue weighted by Gasteiger charge is 2.52. The van der Waals surface area contributed by atoms with Crippen LogP contribution in [0.1, 0.15) is 17.2 Å². The Balaban J connectivity index is 1.67. The molecule has 1 fully saturated rings. The van der Waals surface area contributed by atoms with E-state index in [9.17, 15) is 0 Å². The topological polar surface area (TPSA) is 15.4 Å². The van der Waals surface area contributed by atoms with Gasteiger partial charge in [-0.3, -0.25) is 9.89 Å². The first kappa shape index (κ1) is 10.9. The maximum atomic E-state index is 4.77. The minimum Gasteiger partial charge on any atom is -0.286 e. The molecular weight excluding hydrogens is 232 g/mol. The third-order valence-corrected chi connectivity index (χ3v) is 4.06. The third kappa shape index (κ3) is 1.80. The smallest absolute Gasteiger partial charge is 0.0728 e. The van der Waals surface area contributed by atoms with E-state index in [4.69, 9.17) is 4.99 Å². The number of fused-ring (bicyclic) bond motifs is 1. The average molecular weight is 248 g/mol. The number of hydrogen-bond donors (Lipinski definition) is 0.